The molecule has 1 saturated heterocycles. The first kappa shape index (κ1) is 24.7. The molecule has 0 aromatic heterocycles. The Morgan fingerprint density at radius 2 is 1.63 bits per heavy atom. The molecule has 0 aliphatic carbocycles. The summed E-state index contributed by atoms with van der Waals surface area (Å²) < 4.78 is 6.20. The zero-order valence-electron chi connectivity index (χ0n) is 22.7. The van der Waals surface area contributed by atoms with Crippen LogP contribution in [0.4, 0.5) is 11.4 Å². The van der Waals surface area contributed by atoms with Gasteiger partial charge in [-0.15, -0.1) is 0 Å². The van der Waals surface area contributed by atoms with Crippen molar-refractivity contribution in [3.8, 4) is 16.9 Å². The summed E-state index contributed by atoms with van der Waals surface area (Å²) in [4.78, 5) is 29.5. The fourth-order valence-corrected chi connectivity index (χ4v) is 6.42. The van der Waals surface area contributed by atoms with E-state index in [-0.39, 0.29) is 17.2 Å². The van der Waals surface area contributed by atoms with Crippen molar-refractivity contribution >= 4 is 23.2 Å². The van der Waals surface area contributed by atoms with E-state index in [9.17, 15) is 9.59 Å². The molecule has 196 valence electrons. The molecular weight excluding hydrogens is 474 g/mol. The maximum absolute atomic E-state index is 13.8. The Morgan fingerprint density at radius 1 is 0.921 bits per heavy atom. The minimum Gasteiger partial charge on any atom is -0.492 e. The molecule has 3 aliphatic heterocycles. The molecule has 0 saturated carbocycles. The summed E-state index contributed by atoms with van der Waals surface area (Å²) in [5.74, 6) is 0.980. The number of nitrogens with zero attached hydrogens (tertiary/aromatic N) is 2. The number of ether oxygens (including phenoxy) is 1. The molecule has 0 atom stereocenters. The number of amides is 2. The third-order valence-corrected chi connectivity index (χ3v) is 8.65. The average molecular weight is 510 g/mol. The second kappa shape index (κ2) is 9.28. The van der Waals surface area contributed by atoms with Gasteiger partial charge in [0.2, 0.25) is 5.91 Å². The van der Waals surface area contributed by atoms with Crippen LogP contribution in [0.25, 0.3) is 11.1 Å². The molecule has 0 bridgehead atoms. The van der Waals surface area contributed by atoms with Gasteiger partial charge in [0, 0.05) is 41.4 Å². The summed E-state index contributed by atoms with van der Waals surface area (Å²) in [5.41, 5.74) is 9.41. The van der Waals surface area contributed by atoms with Crippen molar-refractivity contribution in [3.05, 3.63) is 76.3 Å². The summed E-state index contributed by atoms with van der Waals surface area (Å²) in [6, 6.07) is 16.4. The lowest BCUT2D eigenvalue weighted by Gasteiger charge is -2.37. The molecule has 6 heteroatoms. The Balaban J connectivity index is 1.27. The van der Waals surface area contributed by atoms with Crippen molar-refractivity contribution in [3.63, 3.8) is 0 Å². The molecule has 1 fully saturated rings. The van der Waals surface area contributed by atoms with Crippen LogP contribution in [0.3, 0.4) is 0 Å². The lowest BCUT2D eigenvalue weighted by atomic mass is 9.74. The molecule has 0 radical (unpaired) electrons. The van der Waals surface area contributed by atoms with Crippen molar-refractivity contribution in [1.29, 1.82) is 0 Å². The van der Waals surface area contributed by atoms with Crippen LogP contribution in [0.2, 0.25) is 0 Å². The van der Waals surface area contributed by atoms with E-state index in [0.717, 1.165) is 78.3 Å². The van der Waals surface area contributed by atoms with Gasteiger partial charge in [-0.1, -0.05) is 12.1 Å². The predicted molar refractivity (Wildman–Crippen MR) is 151 cm³/mol. The van der Waals surface area contributed by atoms with Crippen LogP contribution in [-0.4, -0.2) is 50.0 Å². The third-order valence-electron chi connectivity index (χ3n) is 8.65. The molecular formula is C32H35N3O3. The quantitative estimate of drug-likeness (QED) is 0.507. The number of benzene rings is 3. The van der Waals surface area contributed by atoms with E-state index >= 15 is 0 Å². The van der Waals surface area contributed by atoms with Gasteiger partial charge in [0.15, 0.2) is 0 Å². The summed E-state index contributed by atoms with van der Waals surface area (Å²) in [7, 11) is 2.18. The van der Waals surface area contributed by atoms with Crippen LogP contribution in [-0.2, 0) is 16.6 Å². The van der Waals surface area contributed by atoms with Crippen LogP contribution < -0.4 is 15.0 Å². The zero-order chi connectivity index (χ0) is 26.6. The van der Waals surface area contributed by atoms with Gasteiger partial charge in [0.05, 0.1) is 6.61 Å². The van der Waals surface area contributed by atoms with Gasteiger partial charge < -0.3 is 19.9 Å². The Kier molecular flexibility index (Phi) is 6.03. The van der Waals surface area contributed by atoms with Crippen LogP contribution in [0, 0.1) is 13.8 Å². The first-order valence-corrected chi connectivity index (χ1v) is 13.5. The smallest absolute Gasteiger partial charge is 0.258 e. The van der Waals surface area contributed by atoms with Crippen LogP contribution in [0.5, 0.6) is 5.75 Å². The second-order valence-electron chi connectivity index (χ2n) is 11.3. The predicted octanol–water partition coefficient (Wildman–Crippen LogP) is 5.49. The first-order chi connectivity index (χ1) is 18.2. The van der Waals surface area contributed by atoms with Crippen molar-refractivity contribution < 1.29 is 14.3 Å². The lowest BCUT2D eigenvalue weighted by Crippen LogP contribution is -2.42. The van der Waals surface area contributed by atoms with E-state index in [1.165, 1.54) is 18.1 Å². The maximum atomic E-state index is 13.8. The number of anilines is 2. The molecule has 38 heavy (non-hydrogen) atoms. The van der Waals surface area contributed by atoms with Gasteiger partial charge in [-0.2, -0.15) is 0 Å². The highest BCUT2D eigenvalue weighted by atomic mass is 16.5. The SMILES string of the molecule is CC(=O)Nc1ccc(-c2ccc(C(=O)N3CCc4cc5c(cc43)C3(CCN(C)CC3)CO5)cc2C)c(C)c1. The third kappa shape index (κ3) is 4.17. The molecule has 1 N–H and O–H groups in total. The molecule has 3 aromatic carbocycles. The molecule has 1 spiro atoms. The summed E-state index contributed by atoms with van der Waals surface area (Å²) >= 11 is 0. The van der Waals surface area contributed by atoms with E-state index in [2.05, 4.69) is 36.3 Å². The molecule has 6 nitrogen and oxygen atoms in total. The number of carbonyl (C=O) groups is 2. The Morgan fingerprint density at radius 3 is 2.32 bits per heavy atom. The largest absolute Gasteiger partial charge is 0.492 e. The van der Waals surface area contributed by atoms with Crippen molar-refractivity contribution in [2.24, 2.45) is 0 Å². The van der Waals surface area contributed by atoms with Gasteiger partial charge in [-0.05, 0) is 117 Å². The average Bonchev–Trinajstić information content (AvgIpc) is 3.45. The monoisotopic (exact) mass is 509 g/mol. The highest BCUT2D eigenvalue weighted by molar-refractivity contribution is 6.08. The fraction of sp³-hybridized carbons (Fsp3) is 0.375. The molecule has 2 amide bonds. The maximum Gasteiger partial charge on any atom is 0.258 e. The Labute approximate surface area is 224 Å². The van der Waals surface area contributed by atoms with Crippen LogP contribution in [0.1, 0.15) is 52.4 Å². The van der Waals surface area contributed by atoms with E-state index in [0.29, 0.717) is 12.1 Å². The molecule has 0 unspecified atom stereocenters. The minimum atomic E-state index is -0.0846. The number of nitrogens with one attached hydrogen (secondary N) is 1. The van der Waals surface area contributed by atoms with E-state index in [1.54, 1.807) is 0 Å². The summed E-state index contributed by atoms with van der Waals surface area (Å²) in [6.07, 6.45) is 3.04. The Hall–Kier alpha value is -3.64. The fourth-order valence-electron chi connectivity index (χ4n) is 6.42. The van der Waals surface area contributed by atoms with E-state index in [1.807, 2.05) is 48.2 Å². The number of fused-ring (bicyclic) bond motifs is 3. The first-order valence-electron chi connectivity index (χ1n) is 13.5. The lowest BCUT2D eigenvalue weighted by molar-refractivity contribution is -0.114. The number of aryl methyl sites for hydroxylation is 2. The minimum absolute atomic E-state index is 0.0485. The standard InChI is InChI=1S/C32H35N3O3/c1-20-15-24(5-7-26(20)27-8-6-25(16-21(27)2)33-22(3)36)31(37)35-12-9-23-17-30-28(18-29(23)35)32(19-38-30)10-13-34(4)14-11-32/h5-8,15-18H,9-14,19H2,1-4H3,(H,33,36). The van der Waals surface area contributed by atoms with Gasteiger partial charge >= 0.3 is 0 Å². The summed E-state index contributed by atoms with van der Waals surface area (Å²) in [5, 5.41) is 2.84. The normalized spacial score (nSPS) is 17.7. The number of carbonyl (C=O) groups excluding carboxylic acids is 2. The highest BCUT2D eigenvalue weighted by Gasteiger charge is 2.44. The highest BCUT2D eigenvalue weighted by Crippen LogP contribution is 2.49. The van der Waals surface area contributed by atoms with Gasteiger partial charge in [0.1, 0.15) is 5.75 Å². The van der Waals surface area contributed by atoms with Gasteiger partial charge in [-0.3, -0.25) is 9.59 Å². The van der Waals surface area contributed by atoms with Crippen LogP contribution in [0.15, 0.2) is 48.5 Å². The van der Waals surface area contributed by atoms with E-state index in [4.69, 9.17) is 4.74 Å². The van der Waals surface area contributed by atoms with Crippen LogP contribution >= 0.6 is 0 Å². The second-order valence-corrected chi connectivity index (χ2v) is 11.3. The number of hydrogen-bond donors (Lipinski definition) is 1. The molecule has 6 rings (SSSR count). The van der Waals surface area contributed by atoms with Crippen molar-refractivity contribution in [1.82, 2.24) is 4.90 Å². The Bertz CT molecular complexity index is 1450. The van der Waals surface area contributed by atoms with Crippen molar-refractivity contribution in [2.75, 3.05) is 43.5 Å². The van der Waals surface area contributed by atoms with Gasteiger partial charge in [0.25, 0.3) is 5.91 Å². The molecule has 3 heterocycles. The van der Waals surface area contributed by atoms with E-state index < -0.39 is 0 Å². The molecule has 3 aromatic rings. The van der Waals surface area contributed by atoms with Crippen molar-refractivity contribution in [2.45, 2.75) is 45.4 Å². The molecule has 3 aliphatic rings. The number of rotatable bonds is 3. The van der Waals surface area contributed by atoms with Gasteiger partial charge in [-0.25, -0.2) is 0 Å². The topological polar surface area (TPSA) is 61.9 Å². The number of hydrogen-bond acceptors (Lipinski definition) is 4. The number of likely N-dealkylation sites (tertiary alicyclic amines) is 1. The number of piperidine rings is 1. The summed E-state index contributed by atoms with van der Waals surface area (Å²) in [6.45, 7) is 9.19. The zero-order valence-corrected chi connectivity index (χ0v) is 22.7.